The number of ether oxygens (including phenoxy) is 3. The van der Waals surface area contributed by atoms with Gasteiger partial charge in [0.05, 0.1) is 31.9 Å². The number of benzene rings is 3. The zero-order chi connectivity index (χ0) is 16.9. The average molecular weight is 387 g/mol. The Bertz CT molecular complexity index is 831. The van der Waals surface area contributed by atoms with Crippen LogP contribution in [0.2, 0.25) is 0 Å². The fraction of sp³-hybridized carbons (Fsp3) is 0.200. The van der Waals surface area contributed by atoms with Gasteiger partial charge in [0.1, 0.15) is 11.5 Å². The molecule has 0 unspecified atom stereocenters. The van der Waals surface area contributed by atoms with E-state index in [0.717, 1.165) is 37.9 Å². The highest BCUT2D eigenvalue weighted by Gasteiger charge is 2.19. The molecule has 3 aromatic carbocycles. The molecule has 0 fully saturated rings. The highest BCUT2D eigenvalue weighted by Crippen LogP contribution is 2.44. The highest BCUT2D eigenvalue weighted by molar-refractivity contribution is 9.10. The smallest absolute Gasteiger partial charge is 0.141 e. The molecule has 0 aliphatic carbocycles. The van der Waals surface area contributed by atoms with Crippen LogP contribution in [0.1, 0.15) is 11.1 Å². The summed E-state index contributed by atoms with van der Waals surface area (Å²) < 4.78 is 18.1. The summed E-state index contributed by atoms with van der Waals surface area (Å²) in [5.74, 6) is 1.61. The average Bonchev–Trinajstić information content (AvgIpc) is 2.63. The van der Waals surface area contributed by atoms with Crippen molar-refractivity contribution in [3.63, 3.8) is 0 Å². The Balaban J connectivity index is 1.95. The first-order valence-electron chi connectivity index (χ1n) is 7.69. The first-order chi connectivity index (χ1) is 11.8. The molecule has 24 heavy (non-hydrogen) atoms. The van der Waals surface area contributed by atoms with Crippen molar-refractivity contribution < 1.29 is 14.2 Å². The van der Waals surface area contributed by atoms with E-state index < -0.39 is 0 Å². The number of halogens is 1. The van der Waals surface area contributed by atoms with E-state index in [1.54, 1.807) is 14.2 Å². The minimum atomic E-state index is 0.430. The van der Waals surface area contributed by atoms with E-state index in [-0.39, 0.29) is 0 Å². The molecule has 124 valence electrons. The summed E-state index contributed by atoms with van der Waals surface area (Å²) in [6, 6.07) is 18.1. The molecule has 0 N–H and O–H groups in total. The van der Waals surface area contributed by atoms with Crippen molar-refractivity contribution in [2.75, 3.05) is 14.2 Å². The lowest BCUT2D eigenvalue weighted by Gasteiger charge is -2.18. The van der Waals surface area contributed by atoms with Crippen molar-refractivity contribution in [1.82, 2.24) is 0 Å². The van der Waals surface area contributed by atoms with Crippen molar-refractivity contribution in [1.29, 1.82) is 0 Å². The third-order valence-corrected chi connectivity index (χ3v) is 4.76. The Morgan fingerprint density at radius 3 is 1.96 bits per heavy atom. The minimum absolute atomic E-state index is 0.430. The summed E-state index contributed by atoms with van der Waals surface area (Å²) in [5.41, 5.74) is 2.09. The Morgan fingerprint density at radius 1 is 0.750 bits per heavy atom. The summed E-state index contributed by atoms with van der Waals surface area (Å²) >= 11 is 3.66. The van der Waals surface area contributed by atoms with E-state index in [9.17, 15) is 0 Å². The standard InChI is InChI=1S/C20H19BrO3/c1-22-19-15-10-6-7-11-16(15)20(23-2)18(21)17(19)13-24-12-14-8-4-3-5-9-14/h3-11H,12-13H2,1-2H3. The molecule has 0 atom stereocenters. The molecule has 0 radical (unpaired) electrons. The van der Waals surface area contributed by atoms with E-state index in [2.05, 4.69) is 15.9 Å². The van der Waals surface area contributed by atoms with Crippen molar-refractivity contribution in [2.24, 2.45) is 0 Å². The van der Waals surface area contributed by atoms with Gasteiger partial charge in [-0.25, -0.2) is 0 Å². The Kier molecular flexibility index (Phi) is 5.38. The van der Waals surface area contributed by atoms with Crippen LogP contribution in [0.4, 0.5) is 0 Å². The van der Waals surface area contributed by atoms with Gasteiger partial charge in [-0.15, -0.1) is 0 Å². The molecule has 0 saturated carbocycles. The van der Waals surface area contributed by atoms with Crippen LogP contribution in [0, 0.1) is 0 Å². The molecule has 0 aliphatic heterocycles. The number of fused-ring (bicyclic) bond motifs is 1. The second-order valence-corrected chi connectivity index (χ2v) is 6.18. The Hall–Kier alpha value is -2.04. The first kappa shape index (κ1) is 16.8. The van der Waals surface area contributed by atoms with Gasteiger partial charge in [0.15, 0.2) is 0 Å². The predicted molar refractivity (Wildman–Crippen MR) is 99.7 cm³/mol. The Morgan fingerprint density at radius 2 is 1.33 bits per heavy atom. The maximum Gasteiger partial charge on any atom is 0.141 e. The fourth-order valence-electron chi connectivity index (χ4n) is 2.80. The second-order valence-electron chi connectivity index (χ2n) is 5.38. The van der Waals surface area contributed by atoms with Gasteiger partial charge in [-0.2, -0.15) is 0 Å². The first-order valence-corrected chi connectivity index (χ1v) is 8.48. The van der Waals surface area contributed by atoms with Crippen molar-refractivity contribution in [2.45, 2.75) is 13.2 Å². The molecule has 3 rings (SSSR count). The minimum Gasteiger partial charge on any atom is -0.496 e. The maximum absolute atomic E-state index is 5.91. The van der Waals surface area contributed by atoms with E-state index in [1.807, 2.05) is 54.6 Å². The number of methoxy groups -OCH3 is 2. The normalized spacial score (nSPS) is 10.8. The zero-order valence-corrected chi connectivity index (χ0v) is 15.3. The van der Waals surface area contributed by atoms with Gasteiger partial charge in [-0.3, -0.25) is 0 Å². The molecule has 0 aromatic heterocycles. The van der Waals surface area contributed by atoms with Crippen LogP contribution in [0.15, 0.2) is 59.1 Å². The van der Waals surface area contributed by atoms with Crippen LogP contribution in [0.3, 0.4) is 0 Å². The molecular formula is C20H19BrO3. The lowest BCUT2D eigenvalue weighted by atomic mass is 10.0. The fourth-order valence-corrected chi connectivity index (χ4v) is 3.47. The number of hydrogen-bond donors (Lipinski definition) is 0. The molecular weight excluding hydrogens is 368 g/mol. The summed E-state index contributed by atoms with van der Waals surface area (Å²) in [5, 5.41) is 2.02. The lowest BCUT2D eigenvalue weighted by Crippen LogP contribution is -2.01. The topological polar surface area (TPSA) is 27.7 Å². The van der Waals surface area contributed by atoms with Crippen LogP contribution in [-0.2, 0) is 18.0 Å². The van der Waals surface area contributed by atoms with Gasteiger partial charge in [0, 0.05) is 16.3 Å². The summed E-state index contributed by atoms with van der Waals surface area (Å²) in [6.07, 6.45) is 0. The van der Waals surface area contributed by atoms with Crippen LogP contribution in [0.25, 0.3) is 10.8 Å². The molecule has 4 heteroatoms. The van der Waals surface area contributed by atoms with Crippen molar-refractivity contribution >= 4 is 26.7 Å². The lowest BCUT2D eigenvalue weighted by molar-refractivity contribution is 0.105. The quantitative estimate of drug-likeness (QED) is 0.572. The van der Waals surface area contributed by atoms with Crippen LogP contribution in [-0.4, -0.2) is 14.2 Å². The predicted octanol–water partition coefficient (Wildman–Crippen LogP) is 5.34. The summed E-state index contributed by atoms with van der Waals surface area (Å²) in [6.45, 7) is 0.978. The summed E-state index contributed by atoms with van der Waals surface area (Å²) in [4.78, 5) is 0. The largest absolute Gasteiger partial charge is 0.496 e. The van der Waals surface area contributed by atoms with Crippen molar-refractivity contribution in [3.8, 4) is 11.5 Å². The monoisotopic (exact) mass is 386 g/mol. The maximum atomic E-state index is 5.91. The molecule has 3 aromatic rings. The third kappa shape index (κ3) is 3.25. The third-order valence-electron chi connectivity index (χ3n) is 3.92. The van der Waals surface area contributed by atoms with Gasteiger partial charge in [-0.1, -0.05) is 54.6 Å². The number of hydrogen-bond acceptors (Lipinski definition) is 3. The van der Waals surface area contributed by atoms with E-state index in [4.69, 9.17) is 14.2 Å². The van der Waals surface area contributed by atoms with E-state index in [1.165, 1.54) is 0 Å². The van der Waals surface area contributed by atoms with E-state index in [0.29, 0.717) is 13.2 Å². The Labute approximate surface area is 150 Å². The molecule has 0 spiro atoms. The van der Waals surface area contributed by atoms with Crippen LogP contribution < -0.4 is 9.47 Å². The molecule has 0 saturated heterocycles. The SMILES string of the molecule is COc1c(Br)c(COCc2ccccc2)c(OC)c2ccccc12. The van der Waals surface area contributed by atoms with Crippen LogP contribution >= 0.6 is 15.9 Å². The van der Waals surface area contributed by atoms with Gasteiger partial charge < -0.3 is 14.2 Å². The van der Waals surface area contributed by atoms with Crippen LogP contribution in [0.5, 0.6) is 11.5 Å². The van der Waals surface area contributed by atoms with E-state index >= 15 is 0 Å². The highest BCUT2D eigenvalue weighted by atomic mass is 79.9. The zero-order valence-electron chi connectivity index (χ0n) is 13.7. The molecule has 3 nitrogen and oxygen atoms in total. The summed E-state index contributed by atoms with van der Waals surface area (Å²) in [7, 11) is 3.36. The molecule has 0 bridgehead atoms. The molecule has 0 heterocycles. The molecule has 0 aliphatic rings. The van der Waals surface area contributed by atoms with Gasteiger partial charge in [-0.05, 0) is 21.5 Å². The van der Waals surface area contributed by atoms with Gasteiger partial charge in [0.25, 0.3) is 0 Å². The van der Waals surface area contributed by atoms with Gasteiger partial charge >= 0.3 is 0 Å². The number of rotatable bonds is 6. The second kappa shape index (κ2) is 7.69. The molecule has 0 amide bonds. The van der Waals surface area contributed by atoms with Gasteiger partial charge in [0.2, 0.25) is 0 Å². The van der Waals surface area contributed by atoms with Crippen molar-refractivity contribution in [3.05, 3.63) is 70.2 Å².